The summed E-state index contributed by atoms with van der Waals surface area (Å²) < 4.78 is 26.1. The number of amides is 1. The number of carbonyl (C=O) groups is 3. The molecular weight excluding hydrogens is 380 g/mol. The molecule has 1 fully saturated rings. The highest BCUT2D eigenvalue weighted by Gasteiger charge is 2.29. The smallest absolute Gasteiger partial charge is 0.339 e. The Hall–Kier alpha value is -3.09. The third-order valence-electron chi connectivity index (χ3n) is 4.90. The van der Waals surface area contributed by atoms with Crippen LogP contribution in [0.25, 0.3) is 0 Å². The molecule has 1 aliphatic carbocycles. The lowest BCUT2D eigenvalue weighted by molar-refractivity contribution is -0.127. The molecule has 7 heteroatoms. The number of rotatable bonds is 6. The highest BCUT2D eigenvalue weighted by atomic mass is 19.1. The first kappa shape index (κ1) is 22.2. The normalized spacial score (nSPS) is 14.2. The van der Waals surface area contributed by atoms with Crippen LogP contribution in [0.15, 0.2) is 42.5 Å². The molecule has 0 saturated heterocycles. The minimum atomic E-state index is -1.55. The van der Waals surface area contributed by atoms with Crippen LogP contribution in [-0.2, 0) is 16.0 Å². The van der Waals surface area contributed by atoms with E-state index in [1.165, 1.54) is 37.5 Å². The van der Waals surface area contributed by atoms with Crippen molar-refractivity contribution >= 4 is 17.7 Å². The van der Waals surface area contributed by atoms with Crippen LogP contribution in [0.4, 0.5) is 8.78 Å². The largest absolute Gasteiger partial charge is 0.478 e. The molecule has 0 heterocycles. The number of hydrogen-bond donors (Lipinski definition) is 2. The molecule has 1 amide bonds. The zero-order valence-corrected chi connectivity index (χ0v) is 16.0. The standard InChI is InChI=1S/C11H10FNO4.C11H13F/c1-5(14)8(10(13)15)6-3-2-4-7(12)9(6)11(16)17;12-11-6-2-5-10(8-11)7-9-3-1-4-9/h2-4,8H,1H3,(H2,13,15)(H,16,17);2,5-6,8-9H,1,3-4,7H2. The Balaban J connectivity index is 0.000000218. The number of carboxylic acid groups (broad SMARTS) is 1. The third-order valence-corrected chi connectivity index (χ3v) is 4.90. The van der Waals surface area contributed by atoms with Gasteiger partial charge in [0.05, 0.1) is 5.56 Å². The Morgan fingerprint density at radius 1 is 1.14 bits per heavy atom. The third kappa shape index (κ3) is 5.94. The maximum absolute atomic E-state index is 13.3. The van der Waals surface area contributed by atoms with E-state index in [0.29, 0.717) is 0 Å². The first-order chi connectivity index (χ1) is 13.7. The van der Waals surface area contributed by atoms with Gasteiger partial charge in [0.15, 0.2) is 0 Å². The van der Waals surface area contributed by atoms with Crippen LogP contribution in [0, 0.1) is 17.6 Å². The molecule has 0 spiro atoms. The van der Waals surface area contributed by atoms with Crippen molar-refractivity contribution in [3.8, 4) is 0 Å². The van der Waals surface area contributed by atoms with E-state index in [1.807, 2.05) is 6.07 Å². The molecule has 0 radical (unpaired) electrons. The second kappa shape index (κ2) is 9.91. The molecule has 2 aromatic rings. The monoisotopic (exact) mass is 403 g/mol. The Morgan fingerprint density at radius 3 is 2.28 bits per heavy atom. The van der Waals surface area contributed by atoms with Crippen LogP contribution in [0.1, 0.15) is 53.6 Å². The first-order valence-corrected chi connectivity index (χ1v) is 9.26. The van der Waals surface area contributed by atoms with Crippen molar-refractivity contribution in [3.05, 3.63) is 70.8 Å². The predicted molar refractivity (Wildman–Crippen MR) is 103 cm³/mol. The van der Waals surface area contributed by atoms with E-state index in [1.54, 1.807) is 12.1 Å². The van der Waals surface area contributed by atoms with Crippen LogP contribution < -0.4 is 5.73 Å². The highest BCUT2D eigenvalue weighted by Crippen LogP contribution is 2.29. The van der Waals surface area contributed by atoms with Gasteiger partial charge in [-0.2, -0.15) is 0 Å². The lowest BCUT2D eigenvalue weighted by atomic mass is 9.81. The van der Waals surface area contributed by atoms with Crippen LogP contribution in [-0.4, -0.2) is 22.8 Å². The average Bonchev–Trinajstić information content (AvgIpc) is 2.58. The summed E-state index contributed by atoms with van der Waals surface area (Å²) in [6, 6.07) is 10.3. The topological polar surface area (TPSA) is 97.5 Å². The number of aromatic carboxylic acids is 1. The molecule has 0 aromatic heterocycles. The van der Waals surface area contributed by atoms with Crippen molar-refractivity contribution in [3.63, 3.8) is 0 Å². The summed E-state index contributed by atoms with van der Waals surface area (Å²) in [7, 11) is 0. The molecule has 1 saturated carbocycles. The van der Waals surface area contributed by atoms with Gasteiger partial charge in [-0.25, -0.2) is 13.6 Å². The summed E-state index contributed by atoms with van der Waals surface area (Å²) in [6.45, 7) is 1.09. The lowest BCUT2D eigenvalue weighted by Crippen LogP contribution is -2.28. The van der Waals surface area contributed by atoms with E-state index >= 15 is 0 Å². The lowest BCUT2D eigenvalue weighted by Gasteiger charge is -2.25. The number of halogens is 2. The molecule has 0 aliphatic heterocycles. The Kier molecular flexibility index (Phi) is 7.59. The maximum atomic E-state index is 13.3. The molecule has 2 aromatic carbocycles. The number of primary amides is 1. The van der Waals surface area contributed by atoms with Gasteiger partial charge in [-0.15, -0.1) is 0 Å². The minimum absolute atomic E-state index is 0.105. The number of benzene rings is 2. The number of hydrogen-bond acceptors (Lipinski definition) is 3. The van der Waals surface area contributed by atoms with Crippen LogP contribution >= 0.6 is 0 Å². The van der Waals surface area contributed by atoms with Gasteiger partial charge >= 0.3 is 5.97 Å². The van der Waals surface area contributed by atoms with E-state index in [4.69, 9.17) is 10.8 Å². The number of ketones is 1. The van der Waals surface area contributed by atoms with E-state index < -0.39 is 35.0 Å². The molecule has 29 heavy (non-hydrogen) atoms. The first-order valence-electron chi connectivity index (χ1n) is 9.26. The maximum Gasteiger partial charge on any atom is 0.339 e. The quantitative estimate of drug-likeness (QED) is 0.716. The second-order valence-corrected chi connectivity index (χ2v) is 7.09. The summed E-state index contributed by atoms with van der Waals surface area (Å²) in [5.74, 6) is -4.93. The van der Waals surface area contributed by atoms with Crippen molar-refractivity contribution in [2.24, 2.45) is 11.7 Å². The Labute approximate surface area is 167 Å². The van der Waals surface area contributed by atoms with Gasteiger partial charge in [-0.05, 0) is 48.6 Å². The van der Waals surface area contributed by atoms with E-state index in [9.17, 15) is 23.2 Å². The fraction of sp³-hybridized carbons (Fsp3) is 0.318. The SMILES string of the molecule is CC(=O)C(C(N)=O)c1cccc(F)c1C(=O)O.Fc1cccc(CC2CCC2)c1. The summed E-state index contributed by atoms with van der Waals surface area (Å²) in [6.07, 6.45) is 5.09. The number of carboxylic acids is 1. The van der Waals surface area contributed by atoms with Gasteiger partial charge in [-0.3, -0.25) is 9.59 Å². The van der Waals surface area contributed by atoms with Gasteiger partial charge in [0.1, 0.15) is 23.3 Å². The number of carbonyl (C=O) groups excluding carboxylic acids is 2. The summed E-state index contributed by atoms with van der Waals surface area (Å²) >= 11 is 0. The number of nitrogens with two attached hydrogens (primary N) is 1. The van der Waals surface area contributed by atoms with E-state index in [2.05, 4.69) is 0 Å². The Bertz CT molecular complexity index is 895. The summed E-state index contributed by atoms with van der Waals surface area (Å²) in [5, 5.41) is 8.86. The van der Waals surface area contributed by atoms with Crippen molar-refractivity contribution in [2.45, 2.75) is 38.5 Å². The van der Waals surface area contributed by atoms with Gasteiger partial charge in [0.2, 0.25) is 5.91 Å². The molecule has 154 valence electrons. The molecule has 5 nitrogen and oxygen atoms in total. The molecule has 1 unspecified atom stereocenters. The van der Waals surface area contributed by atoms with Crippen LogP contribution in [0.2, 0.25) is 0 Å². The highest BCUT2D eigenvalue weighted by molar-refractivity contribution is 6.07. The second-order valence-electron chi connectivity index (χ2n) is 7.09. The molecule has 3 rings (SSSR count). The number of Topliss-reactive ketones (excluding diaryl/α,β-unsaturated/α-hetero) is 1. The van der Waals surface area contributed by atoms with Crippen LogP contribution in [0.5, 0.6) is 0 Å². The Morgan fingerprint density at radius 2 is 1.79 bits per heavy atom. The van der Waals surface area contributed by atoms with E-state index in [0.717, 1.165) is 30.9 Å². The van der Waals surface area contributed by atoms with Crippen molar-refractivity contribution in [2.75, 3.05) is 0 Å². The predicted octanol–water partition coefficient (Wildman–Crippen LogP) is 3.85. The zero-order valence-electron chi connectivity index (χ0n) is 16.0. The van der Waals surface area contributed by atoms with Crippen molar-refractivity contribution < 1.29 is 28.3 Å². The van der Waals surface area contributed by atoms with Gasteiger partial charge < -0.3 is 10.8 Å². The summed E-state index contributed by atoms with van der Waals surface area (Å²) in [5.41, 5.74) is 5.24. The fourth-order valence-corrected chi connectivity index (χ4v) is 3.27. The van der Waals surface area contributed by atoms with Crippen molar-refractivity contribution in [1.82, 2.24) is 0 Å². The molecular formula is C22H23F2NO4. The average molecular weight is 403 g/mol. The van der Waals surface area contributed by atoms with Gasteiger partial charge in [0.25, 0.3) is 0 Å². The van der Waals surface area contributed by atoms with Gasteiger partial charge in [0, 0.05) is 0 Å². The molecule has 3 N–H and O–H groups in total. The molecule has 1 atom stereocenters. The van der Waals surface area contributed by atoms with E-state index in [-0.39, 0.29) is 11.4 Å². The summed E-state index contributed by atoms with van der Waals surface area (Å²) in [4.78, 5) is 33.3. The zero-order chi connectivity index (χ0) is 21.6. The van der Waals surface area contributed by atoms with Gasteiger partial charge in [-0.1, -0.05) is 43.5 Å². The molecule has 1 aliphatic rings. The van der Waals surface area contributed by atoms with Crippen LogP contribution in [0.3, 0.4) is 0 Å². The van der Waals surface area contributed by atoms with Crippen molar-refractivity contribution in [1.29, 1.82) is 0 Å². The fourth-order valence-electron chi connectivity index (χ4n) is 3.27. The minimum Gasteiger partial charge on any atom is -0.478 e. The molecule has 0 bridgehead atoms.